The molecule has 176 valence electrons. The van der Waals surface area contributed by atoms with Gasteiger partial charge >= 0.3 is 0 Å². The average Bonchev–Trinajstić information content (AvgIpc) is 3.47. The molecule has 6 heteroatoms. The summed E-state index contributed by atoms with van der Waals surface area (Å²) >= 11 is 0. The van der Waals surface area contributed by atoms with Gasteiger partial charge in [-0.2, -0.15) is 0 Å². The van der Waals surface area contributed by atoms with Crippen molar-refractivity contribution in [2.45, 2.75) is 69.7 Å². The predicted molar refractivity (Wildman–Crippen MR) is 128 cm³/mol. The molecule has 1 aromatic carbocycles. The fourth-order valence-electron chi connectivity index (χ4n) is 6.09. The molecule has 2 atom stereocenters. The van der Waals surface area contributed by atoms with Crippen LogP contribution in [-0.4, -0.2) is 31.4 Å². The lowest BCUT2D eigenvalue weighted by atomic mass is 9.73. The molecular weight excluding hydrogens is 414 g/mol. The minimum absolute atomic E-state index is 0.0296. The van der Waals surface area contributed by atoms with Gasteiger partial charge in [-0.05, 0) is 55.4 Å². The molecule has 1 saturated carbocycles. The van der Waals surface area contributed by atoms with Gasteiger partial charge in [-0.25, -0.2) is 0 Å². The second kappa shape index (κ2) is 10.0. The van der Waals surface area contributed by atoms with Crippen molar-refractivity contribution in [3.8, 4) is 0 Å². The smallest absolute Gasteiger partial charge is 0.251 e. The van der Waals surface area contributed by atoms with Crippen molar-refractivity contribution in [1.82, 2.24) is 10.6 Å². The van der Waals surface area contributed by atoms with E-state index in [1.165, 1.54) is 37.7 Å². The molecule has 0 spiro atoms. The second-order valence-electron chi connectivity index (χ2n) is 9.85. The van der Waals surface area contributed by atoms with Crippen molar-refractivity contribution < 1.29 is 14.0 Å². The maximum atomic E-state index is 13.0. The van der Waals surface area contributed by atoms with Crippen LogP contribution < -0.4 is 15.5 Å². The first kappa shape index (κ1) is 22.1. The number of furan rings is 1. The van der Waals surface area contributed by atoms with Gasteiger partial charge in [0.1, 0.15) is 0 Å². The Bertz CT molecular complexity index is 965. The summed E-state index contributed by atoms with van der Waals surface area (Å²) in [6.07, 6.45) is 13.8. The van der Waals surface area contributed by atoms with Crippen molar-refractivity contribution in [2.24, 2.45) is 5.92 Å². The molecule has 33 heavy (non-hydrogen) atoms. The van der Waals surface area contributed by atoms with Crippen LogP contribution in [-0.2, 0) is 4.79 Å². The molecule has 2 N–H and O–H groups in total. The first-order valence-corrected chi connectivity index (χ1v) is 12.7. The number of rotatable bonds is 2. The van der Waals surface area contributed by atoms with Crippen LogP contribution in [0.15, 0.2) is 41.2 Å². The lowest BCUT2D eigenvalue weighted by Gasteiger charge is -2.35. The Balaban J connectivity index is 1.56. The van der Waals surface area contributed by atoms with Crippen molar-refractivity contribution in [1.29, 1.82) is 0 Å². The third kappa shape index (κ3) is 4.66. The van der Waals surface area contributed by atoms with E-state index in [1.807, 2.05) is 24.5 Å². The van der Waals surface area contributed by atoms with E-state index in [4.69, 9.17) is 4.42 Å². The molecule has 2 unspecified atom stereocenters. The number of fused-ring (bicyclic) bond motifs is 1. The first-order chi connectivity index (χ1) is 16.2. The van der Waals surface area contributed by atoms with Gasteiger partial charge in [0, 0.05) is 35.8 Å². The summed E-state index contributed by atoms with van der Waals surface area (Å²) < 4.78 is 5.50. The van der Waals surface area contributed by atoms with Crippen LogP contribution in [0.1, 0.15) is 91.2 Å². The third-order valence-corrected chi connectivity index (χ3v) is 7.70. The van der Waals surface area contributed by atoms with E-state index in [0.29, 0.717) is 30.5 Å². The number of carbonyl (C=O) groups excluding carboxylic acids is 2. The molecule has 2 aromatic rings. The molecule has 3 aliphatic rings. The van der Waals surface area contributed by atoms with Gasteiger partial charge in [0.05, 0.1) is 25.1 Å². The summed E-state index contributed by atoms with van der Waals surface area (Å²) in [7, 11) is 0. The monoisotopic (exact) mass is 449 g/mol. The second-order valence-corrected chi connectivity index (χ2v) is 9.85. The van der Waals surface area contributed by atoms with E-state index < -0.39 is 0 Å². The van der Waals surface area contributed by atoms with Crippen LogP contribution in [0.4, 0.5) is 5.69 Å². The highest BCUT2D eigenvalue weighted by Crippen LogP contribution is 2.55. The molecule has 0 radical (unpaired) electrons. The van der Waals surface area contributed by atoms with Gasteiger partial charge in [-0.15, -0.1) is 0 Å². The van der Waals surface area contributed by atoms with E-state index in [9.17, 15) is 9.59 Å². The zero-order valence-electron chi connectivity index (χ0n) is 19.4. The number of benzene rings is 1. The first-order valence-electron chi connectivity index (χ1n) is 12.7. The fourth-order valence-corrected chi connectivity index (χ4v) is 6.09. The minimum atomic E-state index is -0.0296. The summed E-state index contributed by atoms with van der Waals surface area (Å²) in [5, 5.41) is 6.21. The number of carbonyl (C=O) groups is 2. The van der Waals surface area contributed by atoms with Crippen LogP contribution in [0.25, 0.3) is 0 Å². The summed E-state index contributed by atoms with van der Waals surface area (Å²) in [6, 6.07) is 8.20. The Morgan fingerprint density at radius 3 is 2.39 bits per heavy atom. The van der Waals surface area contributed by atoms with Gasteiger partial charge in [-0.1, -0.05) is 38.2 Å². The fraction of sp³-hybridized carbons (Fsp3) is 0.556. The molecule has 1 aromatic heterocycles. The molecule has 5 rings (SSSR count). The number of hydrogen-bond acceptors (Lipinski definition) is 4. The Labute approximate surface area is 196 Å². The Morgan fingerprint density at radius 1 is 0.879 bits per heavy atom. The average molecular weight is 450 g/mol. The van der Waals surface area contributed by atoms with Crippen LogP contribution in [0.5, 0.6) is 0 Å². The lowest BCUT2D eigenvalue weighted by molar-refractivity contribution is -0.119. The maximum absolute atomic E-state index is 13.0. The summed E-state index contributed by atoms with van der Waals surface area (Å²) in [4.78, 5) is 28.1. The van der Waals surface area contributed by atoms with E-state index >= 15 is 0 Å². The zero-order valence-corrected chi connectivity index (χ0v) is 19.4. The number of hydrogen-bond donors (Lipinski definition) is 2. The molecule has 1 aliphatic carbocycles. The van der Waals surface area contributed by atoms with Gasteiger partial charge in [0.15, 0.2) is 0 Å². The summed E-state index contributed by atoms with van der Waals surface area (Å²) in [6.45, 7) is 1.68. The Kier molecular flexibility index (Phi) is 6.70. The largest absolute Gasteiger partial charge is 0.472 e. The standard InChI is InChI=1S/C27H35N3O3/c31-24-17-30-23-16-20(27(32)29-14-7-2-1-6-13-28-24)10-11-22(23)25(19-8-4-3-5-9-19)26(30)21-12-15-33-18-21/h10-12,15-16,18-19,25-26H,1-9,13-14,17H2,(H,28,31)(H,29,32). The predicted octanol–water partition coefficient (Wildman–Crippen LogP) is 4.92. The summed E-state index contributed by atoms with van der Waals surface area (Å²) in [5.41, 5.74) is 4.07. The molecule has 2 amide bonds. The lowest BCUT2D eigenvalue weighted by Crippen LogP contribution is -2.39. The molecule has 1 fully saturated rings. The SMILES string of the molecule is O=C1CN2c3cc(ccc3C(C3CCCCC3)C2c2ccoc2)C(=O)NCCCCCCN1. The zero-order chi connectivity index (χ0) is 22.6. The van der Waals surface area contributed by atoms with Gasteiger partial charge in [0.2, 0.25) is 5.91 Å². The van der Waals surface area contributed by atoms with E-state index in [0.717, 1.165) is 36.9 Å². The summed E-state index contributed by atoms with van der Waals surface area (Å²) in [5.74, 6) is 0.874. The van der Waals surface area contributed by atoms with E-state index in [-0.39, 0.29) is 24.4 Å². The molecule has 2 aliphatic heterocycles. The number of nitrogens with zero attached hydrogens (tertiary/aromatic N) is 1. The number of anilines is 1. The maximum Gasteiger partial charge on any atom is 0.251 e. The molecular formula is C27H35N3O3. The van der Waals surface area contributed by atoms with E-state index in [1.54, 1.807) is 6.26 Å². The molecule has 2 bridgehead atoms. The topological polar surface area (TPSA) is 74.6 Å². The number of amides is 2. The minimum Gasteiger partial charge on any atom is -0.472 e. The third-order valence-electron chi connectivity index (χ3n) is 7.70. The van der Waals surface area contributed by atoms with Gasteiger partial charge in [0.25, 0.3) is 5.91 Å². The normalized spacial score (nSPS) is 25.2. The molecule has 3 heterocycles. The Morgan fingerprint density at radius 2 is 1.64 bits per heavy atom. The van der Waals surface area contributed by atoms with Crippen molar-refractivity contribution in [3.05, 3.63) is 53.5 Å². The Hall–Kier alpha value is -2.76. The van der Waals surface area contributed by atoms with Crippen molar-refractivity contribution in [2.75, 3.05) is 24.5 Å². The highest BCUT2D eigenvalue weighted by atomic mass is 16.3. The quantitative estimate of drug-likeness (QED) is 0.682. The van der Waals surface area contributed by atoms with E-state index in [2.05, 4.69) is 21.6 Å². The van der Waals surface area contributed by atoms with Crippen LogP contribution in [0.2, 0.25) is 0 Å². The number of nitrogens with one attached hydrogen (secondary N) is 2. The highest BCUT2D eigenvalue weighted by Gasteiger charge is 2.44. The van der Waals surface area contributed by atoms with Crippen LogP contribution in [0.3, 0.4) is 0 Å². The highest BCUT2D eigenvalue weighted by molar-refractivity contribution is 5.96. The molecule has 6 nitrogen and oxygen atoms in total. The van der Waals surface area contributed by atoms with Crippen molar-refractivity contribution >= 4 is 17.5 Å². The van der Waals surface area contributed by atoms with Gasteiger partial charge in [-0.3, -0.25) is 9.59 Å². The van der Waals surface area contributed by atoms with Crippen LogP contribution in [0, 0.1) is 5.92 Å². The molecule has 0 saturated heterocycles. The van der Waals surface area contributed by atoms with Crippen molar-refractivity contribution in [3.63, 3.8) is 0 Å². The van der Waals surface area contributed by atoms with Crippen LogP contribution >= 0.6 is 0 Å². The van der Waals surface area contributed by atoms with Gasteiger partial charge < -0.3 is 20.0 Å².